The van der Waals surface area contributed by atoms with Crippen molar-refractivity contribution in [2.75, 3.05) is 11.9 Å². The van der Waals surface area contributed by atoms with Crippen LogP contribution in [0.15, 0.2) is 206 Å². The summed E-state index contributed by atoms with van der Waals surface area (Å²) in [6.07, 6.45) is 0.817. The Kier molecular flexibility index (Phi) is 10.2. The fraction of sp³-hybridized carbons (Fsp3) is 0.0508. The molecule has 0 saturated carbocycles. The topological polar surface area (TPSA) is 42.3 Å². The highest BCUT2D eigenvalue weighted by Gasteiger charge is 2.29. The summed E-state index contributed by atoms with van der Waals surface area (Å²) in [5.74, 6) is -0.300. The molecule has 0 aliphatic rings. The first-order valence-electron chi connectivity index (χ1n) is 21.3. The molecule has 0 spiro atoms. The summed E-state index contributed by atoms with van der Waals surface area (Å²) >= 11 is 0. The third kappa shape index (κ3) is 6.83. The molecule has 0 fully saturated rings. The van der Waals surface area contributed by atoms with Gasteiger partial charge in [0, 0.05) is 45.6 Å². The Labute approximate surface area is 368 Å². The van der Waals surface area contributed by atoms with Crippen LogP contribution in [0, 0.1) is 13.8 Å². The van der Waals surface area contributed by atoms with Crippen LogP contribution in [0.1, 0.15) is 31.8 Å². The van der Waals surface area contributed by atoms with Gasteiger partial charge in [0.25, 0.3) is 5.91 Å². The van der Waals surface area contributed by atoms with Crippen molar-refractivity contribution >= 4 is 39.7 Å². The first-order valence-corrected chi connectivity index (χ1v) is 21.3. The van der Waals surface area contributed by atoms with Crippen molar-refractivity contribution in [2.24, 2.45) is 0 Å². The zero-order chi connectivity index (χ0) is 43.0. The molecule has 1 aromatic heterocycles. The number of para-hydroxylation sites is 2. The van der Waals surface area contributed by atoms with E-state index in [1.807, 2.05) is 73.8 Å². The highest BCUT2D eigenvalue weighted by molar-refractivity contribution is 6.20. The fourth-order valence-corrected chi connectivity index (χ4v) is 9.35. The minimum absolute atomic E-state index is 0.300. The monoisotopic (exact) mass is 812 g/mol. The number of hydrogen-bond acceptors (Lipinski definition) is 2. The summed E-state index contributed by atoms with van der Waals surface area (Å²) in [7, 11) is 1.84. The minimum atomic E-state index is -0.300. The van der Waals surface area contributed by atoms with Crippen molar-refractivity contribution in [3.8, 4) is 61.3 Å². The molecule has 9 aromatic carbocycles. The van der Waals surface area contributed by atoms with E-state index in [0.29, 0.717) is 16.8 Å². The summed E-state index contributed by atoms with van der Waals surface area (Å²) in [5, 5.41) is 2.11. The van der Waals surface area contributed by atoms with E-state index in [0.717, 1.165) is 101 Å². The maximum atomic E-state index is 16.0. The summed E-state index contributed by atoms with van der Waals surface area (Å²) < 4.78 is 2.25. The smallest absolute Gasteiger partial charge is 0.260 e. The zero-order valence-electron chi connectivity index (χ0n) is 35.4. The van der Waals surface area contributed by atoms with Crippen molar-refractivity contribution in [1.82, 2.24) is 4.57 Å². The van der Waals surface area contributed by atoms with Gasteiger partial charge in [-0.15, -0.1) is 0 Å². The lowest BCUT2D eigenvalue weighted by molar-refractivity contribution is 0.0986. The number of anilines is 1. The molecule has 0 N–H and O–H groups in total. The van der Waals surface area contributed by atoms with E-state index in [2.05, 4.69) is 152 Å². The van der Waals surface area contributed by atoms with Gasteiger partial charge in [-0.1, -0.05) is 188 Å². The minimum Gasteiger partial charge on any atom is -0.310 e. The number of fused-ring (bicyclic) bond motifs is 3. The molecule has 10 aromatic rings. The molecule has 4 heteroatoms. The number of amides is 1. The molecule has 0 radical (unpaired) electrons. The second-order valence-electron chi connectivity index (χ2n) is 16.1. The molecule has 4 nitrogen and oxygen atoms in total. The largest absolute Gasteiger partial charge is 0.310 e. The van der Waals surface area contributed by atoms with Gasteiger partial charge in [-0.3, -0.25) is 9.59 Å². The van der Waals surface area contributed by atoms with Crippen LogP contribution in [0.4, 0.5) is 5.69 Å². The highest BCUT2D eigenvalue weighted by atomic mass is 16.2. The van der Waals surface area contributed by atoms with Crippen molar-refractivity contribution < 1.29 is 9.59 Å². The maximum absolute atomic E-state index is 16.0. The Morgan fingerprint density at radius 1 is 0.444 bits per heavy atom. The number of aldehydes is 1. The van der Waals surface area contributed by atoms with Crippen LogP contribution in [0.3, 0.4) is 0 Å². The van der Waals surface area contributed by atoms with E-state index in [4.69, 9.17) is 0 Å². The van der Waals surface area contributed by atoms with Crippen LogP contribution < -0.4 is 4.90 Å². The van der Waals surface area contributed by atoms with Gasteiger partial charge in [0.2, 0.25) is 0 Å². The first-order chi connectivity index (χ1) is 30.9. The van der Waals surface area contributed by atoms with Gasteiger partial charge in [-0.25, -0.2) is 0 Å². The molecule has 1 amide bonds. The normalized spacial score (nSPS) is 11.2. The van der Waals surface area contributed by atoms with Crippen molar-refractivity contribution in [1.29, 1.82) is 0 Å². The molecule has 0 bridgehead atoms. The predicted molar refractivity (Wildman–Crippen MR) is 262 cm³/mol. The van der Waals surface area contributed by atoms with E-state index < -0.39 is 0 Å². The lowest BCUT2D eigenvalue weighted by Crippen LogP contribution is -2.29. The maximum Gasteiger partial charge on any atom is 0.260 e. The number of rotatable bonds is 9. The molecule has 0 atom stereocenters. The molecule has 0 unspecified atom stereocenters. The molecular formula is C59H44N2O2. The van der Waals surface area contributed by atoms with Gasteiger partial charge in [0.1, 0.15) is 0 Å². The van der Waals surface area contributed by atoms with Gasteiger partial charge >= 0.3 is 0 Å². The Balaban J connectivity index is 1.29. The Morgan fingerprint density at radius 2 is 0.873 bits per heavy atom. The number of benzene rings is 9. The third-order valence-electron chi connectivity index (χ3n) is 12.4. The molecular weight excluding hydrogens is 769 g/mol. The number of carbonyl (C=O) groups is 2. The second-order valence-corrected chi connectivity index (χ2v) is 16.1. The molecule has 0 aliphatic heterocycles. The van der Waals surface area contributed by atoms with Gasteiger partial charge in [-0.05, 0) is 76.6 Å². The van der Waals surface area contributed by atoms with E-state index >= 15 is 4.79 Å². The van der Waals surface area contributed by atoms with Crippen molar-refractivity contribution in [3.63, 3.8) is 0 Å². The molecule has 63 heavy (non-hydrogen) atoms. The number of aromatic nitrogens is 1. The van der Waals surface area contributed by atoms with Gasteiger partial charge in [0.15, 0.2) is 6.29 Å². The first kappa shape index (κ1) is 39.1. The van der Waals surface area contributed by atoms with E-state index in [-0.39, 0.29) is 5.91 Å². The molecule has 0 saturated heterocycles. The van der Waals surface area contributed by atoms with Gasteiger partial charge in [-0.2, -0.15) is 0 Å². The average molecular weight is 813 g/mol. The SMILES string of the molecule is Cc1ccccc1-c1cccc2c3cccc(-c4ccccc4C)c3n(-c3cccc(C=O)c3C(=O)N(C)c3c(-c4ccccc4)cc(-c4ccccc4)cc3-c3ccccc3)c12. The quantitative estimate of drug-likeness (QED) is 0.136. The Morgan fingerprint density at radius 3 is 1.35 bits per heavy atom. The van der Waals surface area contributed by atoms with Crippen LogP contribution in [0.2, 0.25) is 0 Å². The van der Waals surface area contributed by atoms with E-state index in [9.17, 15) is 4.79 Å². The van der Waals surface area contributed by atoms with Crippen LogP contribution in [0.5, 0.6) is 0 Å². The highest BCUT2D eigenvalue weighted by Crippen LogP contribution is 2.46. The Bertz CT molecular complexity index is 3180. The van der Waals surface area contributed by atoms with E-state index in [1.54, 1.807) is 11.0 Å². The number of hydrogen-bond donors (Lipinski definition) is 0. The summed E-state index contributed by atoms with van der Waals surface area (Å²) in [5.41, 5.74) is 16.3. The summed E-state index contributed by atoms with van der Waals surface area (Å²) in [6.45, 7) is 4.27. The third-order valence-corrected chi connectivity index (χ3v) is 12.4. The fourth-order valence-electron chi connectivity index (χ4n) is 9.35. The Hall–Kier alpha value is -8.08. The zero-order valence-corrected chi connectivity index (χ0v) is 35.4. The lowest BCUT2D eigenvalue weighted by Gasteiger charge is -2.27. The van der Waals surface area contributed by atoms with Gasteiger partial charge in [0.05, 0.1) is 28.0 Å². The average Bonchev–Trinajstić information content (AvgIpc) is 3.69. The standard InChI is InChI=1S/C59H44N2O2/c1-39-20-13-15-29-46(39)48-31-18-33-50-51-34-19-32-49(47-30-16-14-21-40(47)2)58(51)61(57(48)50)54-35-17-28-44(38-62)55(54)59(63)60(3)56-52(42-24-9-5-10-25-42)36-45(41-22-7-4-8-23-41)37-53(56)43-26-11-6-12-27-43/h4-38H,1-3H3. The molecule has 1 heterocycles. The molecule has 0 aliphatic carbocycles. The number of aryl methyl sites for hydroxylation is 2. The number of nitrogens with zero attached hydrogens (tertiary/aromatic N) is 2. The summed E-state index contributed by atoms with van der Waals surface area (Å²) in [6, 6.07) is 70.5. The van der Waals surface area contributed by atoms with Crippen molar-refractivity contribution in [3.05, 3.63) is 229 Å². The molecule has 302 valence electrons. The van der Waals surface area contributed by atoms with Crippen molar-refractivity contribution in [2.45, 2.75) is 13.8 Å². The van der Waals surface area contributed by atoms with Crippen LogP contribution in [0.25, 0.3) is 83.1 Å². The van der Waals surface area contributed by atoms with Crippen LogP contribution in [-0.2, 0) is 0 Å². The molecule has 10 rings (SSSR count). The van der Waals surface area contributed by atoms with E-state index in [1.165, 1.54) is 0 Å². The van der Waals surface area contributed by atoms with Gasteiger partial charge < -0.3 is 9.47 Å². The number of carbonyl (C=O) groups excluding carboxylic acids is 2. The van der Waals surface area contributed by atoms with Crippen LogP contribution >= 0.6 is 0 Å². The van der Waals surface area contributed by atoms with Crippen LogP contribution in [-0.4, -0.2) is 23.8 Å². The summed E-state index contributed by atoms with van der Waals surface area (Å²) in [4.78, 5) is 31.2. The lowest BCUT2D eigenvalue weighted by atomic mass is 9.90. The second kappa shape index (κ2) is 16.4. The predicted octanol–water partition coefficient (Wildman–Crippen LogP) is 14.8.